The van der Waals surface area contributed by atoms with Crippen molar-refractivity contribution in [2.45, 2.75) is 19.9 Å². The Morgan fingerprint density at radius 1 is 0.967 bits per heavy atom. The predicted octanol–water partition coefficient (Wildman–Crippen LogP) is 4.26. The average molecular weight is 398 g/mol. The fourth-order valence-electron chi connectivity index (χ4n) is 3.90. The Balaban J connectivity index is 1.81. The normalized spacial score (nSPS) is 15.6. The van der Waals surface area contributed by atoms with Crippen LogP contribution in [0.25, 0.3) is 11.0 Å². The highest BCUT2D eigenvalue weighted by Gasteiger charge is 2.44. The Bertz CT molecular complexity index is 1360. The number of amides is 1. The standard InChI is InChI=1S/C24H18N2O4/c1-13-3-9-18-17(11-13)22(28)20-21(15-5-7-16(27)8-6-15)26(24(29)23(20)30-18)19-10-4-14(2)12-25-19/h3-12,21,27H,1-2H3. The average Bonchev–Trinajstić information content (AvgIpc) is 3.03. The van der Waals surface area contributed by atoms with Crippen molar-refractivity contribution in [3.8, 4) is 5.75 Å². The number of benzene rings is 2. The Labute approximate surface area is 172 Å². The molecular weight excluding hydrogens is 380 g/mol. The number of nitrogens with zero attached hydrogens (tertiary/aromatic N) is 2. The number of phenolic OH excluding ortho intramolecular Hbond substituents is 1. The lowest BCUT2D eigenvalue weighted by Gasteiger charge is -2.24. The van der Waals surface area contributed by atoms with E-state index in [4.69, 9.17) is 4.42 Å². The summed E-state index contributed by atoms with van der Waals surface area (Å²) in [5, 5.41) is 10.1. The molecule has 1 amide bonds. The van der Waals surface area contributed by atoms with Gasteiger partial charge in [-0.05, 0) is 55.3 Å². The highest BCUT2D eigenvalue weighted by Crippen LogP contribution is 2.40. The molecule has 2 aromatic heterocycles. The van der Waals surface area contributed by atoms with Crippen LogP contribution < -0.4 is 10.3 Å². The minimum atomic E-state index is -0.704. The topological polar surface area (TPSA) is 83.6 Å². The van der Waals surface area contributed by atoms with Gasteiger partial charge in [-0.15, -0.1) is 0 Å². The first kappa shape index (κ1) is 18.1. The number of pyridine rings is 1. The van der Waals surface area contributed by atoms with Crippen molar-refractivity contribution in [2.75, 3.05) is 4.90 Å². The van der Waals surface area contributed by atoms with Crippen molar-refractivity contribution in [3.63, 3.8) is 0 Å². The molecule has 0 bridgehead atoms. The third-order valence-corrected chi connectivity index (χ3v) is 5.38. The molecule has 0 saturated carbocycles. The molecule has 30 heavy (non-hydrogen) atoms. The molecule has 3 heterocycles. The van der Waals surface area contributed by atoms with E-state index in [-0.39, 0.29) is 22.5 Å². The number of carbonyl (C=O) groups is 1. The van der Waals surface area contributed by atoms with Gasteiger partial charge in [0.1, 0.15) is 17.2 Å². The van der Waals surface area contributed by atoms with Gasteiger partial charge in [0.25, 0.3) is 5.91 Å². The van der Waals surface area contributed by atoms with Crippen LogP contribution in [0.4, 0.5) is 5.82 Å². The second kappa shape index (κ2) is 6.56. The van der Waals surface area contributed by atoms with Gasteiger partial charge in [-0.25, -0.2) is 4.98 Å². The molecule has 148 valence electrons. The number of carbonyl (C=O) groups excluding carboxylic acids is 1. The van der Waals surface area contributed by atoms with Crippen molar-refractivity contribution < 1.29 is 14.3 Å². The molecule has 4 aromatic rings. The molecule has 0 saturated heterocycles. The monoisotopic (exact) mass is 398 g/mol. The van der Waals surface area contributed by atoms with Crippen LogP contribution in [0.5, 0.6) is 5.75 Å². The quantitative estimate of drug-likeness (QED) is 0.545. The van der Waals surface area contributed by atoms with Crippen molar-refractivity contribution in [1.29, 1.82) is 0 Å². The van der Waals surface area contributed by atoms with Gasteiger partial charge in [0.15, 0.2) is 5.43 Å². The third kappa shape index (κ3) is 2.69. The molecule has 0 spiro atoms. The van der Waals surface area contributed by atoms with Gasteiger partial charge in [-0.3, -0.25) is 14.5 Å². The minimum Gasteiger partial charge on any atom is -0.508 e. The molecule has 5 rings (SSSR count). The Morgan fingerprint density at radius 2 is 1.70 bits per heavy atom. The van der Waals surface area contributed by atoms with E-state index < -0.39 is 11.9 Å². The number of aromatic hydroxyl groups is 1. The minimum absolute atomic E-state index is 0.0248. The van der Waals surface area contributed by atoms with Gasteiger partial charge < -0.3 is 9.52 Å². The summed E-state index contributed by atoms with van der Waals surface area (Å²) in [5.74, 6) is 0.134. The number of anilines is 1. The lowest BCUT2D eigenvalue weighted by atomic mass is 9.98. The first-order valence-electron chi connectivity index (χ1n) is 9.56. The first-order chi connectivity index (χ1) is 14.4. The first-order valence-corrected chi connectivity index (χ1v) is 9.56. The smallest absolute Gasteiger partial charge is 0.296 e. The Morgan fingerprint density at radius 3 is 2.40 bits per heavy atom. The van der Waals surface area contributed by atoms with Crippen LogP contribution in [0.2, 0.25) is 0 Å². The van der Waals surface area contributed by atoms with E-state index >= 15 is 0 Å². The number of aromatic nitrogens is 1. The van der Waals surface area contributed by atoms with Crippen LogP contribution in [0.1, 0.15) is 38.9 Å². The number of rotatable bonds is 2. The maximum Gasteiger partial charge on any atom is 0.296 e. The Hall–Kier alpha value is -3.93. The van der Waals surface area contributed by atoms with E-state index in [1.165, 1.54) is 17.0 Å². The van der Waals surface area contributed by atoms with Gasteiger partial charge in [-0.2, -0.15) is 0 Å². The van der Waals surface area contributed by atoms with Crippen molar-refractivity contribution in [1.82, 2.24) is 4.98 Å². The second-order valence-electron chi connectivity index (χ2n) is 7.54. The second-order valence-corrected chi connectivity index (χ2v) is 7.54. The van der Waals surface area contributed by atoms with Crippen LogP contribution in [0.3, 0.4) is 0 Å². The molecular formula is C24H18N2O4. The SMILES string of the molecule is Cc1ccc(N2C(=O)c3oc4ccc(C)cc4c(=O)c3C2c2ccc(O)cc2)nc1. The predicted molar refractivity (Wildman–Crippen MR) is 113 cm³/mol. The summed E-state index contributed by atoms with van der Waals surface area (Å²) in [6, 6.07) is 14.7. The molecule has 1 aliphatic heterocycles. The largest absolute Gasteiger partial charge is 0.508 e. The molecule has 1 aliphatic rings. The van der Waals surface area contributed by atoms with Crippen LogP contribution in [0.15, 0.2) is 70.0 Å². The Kier molecular flexibility index (Phi) is 3.96. The highest BCUT2D eigenvalue weighted by molar-refractivity contribution is 6.10. The van der Waals surface area contributed by atoms with E-state index in [0.717, 1.165) is 11.1 Å². The van der Waals surface area contributed by atoms with E-state index in [2.05, 4.69) is 4.98 Å². The lowest BCUT2D eigenvalue weighted by Crippen LogP contribution is -2.30. The van der Waals surface area contributed by atoms with Crippen LogP contribution in [0, 0.1) is 13.8 Å². The van der Waals surface area contributed by atoms with Gasteiger partial charge in [0, 0.05) is 6.20 Å². The number of aryl methyl sites for hydroxylation is 2. The molecule has 2 aromatic carbocycles. The van der Waals surface area contributed by atoms with E-state index in [9.17, 15) is 14.7 Å². The molecule has 0 fully saturated rings. The fourth-order valence-corrected chi connectivity index (χ4v) is 3.90. The van der Waals surface area contributed by atoms with E-state index in [1.807, 2.05) is 26.0 Å². The number of hydrogen-bond donors (Lipinski definition) is 1. The van der Waals surface area contributed by atoms with Crippen molar-refractivity contribution >= 4 is 22.7 Å². The third-order valence-electron chi connectivity index (χ3n) is 5.38. The summed E-state index contributed by atoms with van der Waals surface area (Å²) < 4.78 is 5.93. The molecule has 1 atom stereocenters. The summed E-state index contributed by atoms with van der Waals surface area (Å²) >= 11 is 0. The zero-order valence-corrected chi connectivity index (χ0v) is 16.4. The molecule has 1 unspecified atom stereocenters. The molecule has 0 aliphatic carbocycles. The summed E-state index contributed by atoms with van der Waals surface area (Å²) in [4.78, 5) is 32.8. The van der Waals surface area contributed by atoms with Crippen LogP contribution in [-0.4, -0.2) is 16.0 Å². The summed E-state index contributed by atoms with van der Waals surface area (Å²) in [5.41, 5.74) is 2.99. The van der Waals surface area contributed by atoms with Crippen molar-refractivity contribution in [2.24, 2.45) is 0 Å². The molecule has 6 heteroatoms. The van der Waals surface area contributed by atoms with Crippen LogP contribution >= 0.6 is 0 Å². The zero-order valence-electron chi connectivity index (χ0n) is 16.4. The number of hydrogen-bond acceptors (Lipinski definition) is 5. The number of fused-ring (bicyclic) bond motifs is 2. The van der Waals surface area contributed by atoms with E-state index in [1.54, 1.807) is 36.5 Å². The number of phenols is 1. The lowest BCUT2D eigenvalue weighted by molar-refractivity contribution is 0.0970. The fraction of sp³-hybridized carbons (Fsp3) is 0.125. The molecule has 0 radical (unpaired) electrons. The van der Waals surface area contributed by atoms with Gasteiger partial charge in [0.2, 0.25) is 5.76 Å². The summed E-state index contributed by atoms with van der Waals surface area (Å²) in [6.45, 7) is 3.81. The zero-order chi connectivity index (χ0) is 21.0. The van der Waals surface area contributed by atoms with Gasteiger partial charge >= 0.3 is 0 Å². The van der Waals surface area contributed by atoms with Gasteiger partial charge in [-0.1, -0.05) is 29.8 Å². The maximum absolute atomic E-state index is 13.5. The summed E-state index contributed by atoms with van der Waals surface area (Å²) in [7, 11) is 0. The van der Waals surface area contributed by atoms with E-state index in [0.29, 0.717) is 22.4 Å². The maximum atomic E-state index is 13.5. The van der Waals surface area contributed by atoms with Crippen LogP contribution in [-0.2, 0) is 0 Å². The summed E-state index contributed by atoms with van der Waals surface area (Å²) in [6.07, 6.45) is 1.68. The highest BCUT2D eigenvalue weighted by atomic mass is 16.3. The molecule has 1 N–H and O–H groups in total. The van der Waals surface area contributed by atoms with Gasteiger partial charge in [0.05, 0.1) is 17.0 Å². The van der Waals surface area contributed by atoms with Crippen molar-refractivity contribution in [3.05, 3.63) is 99.0 Å². The molecule has 6 nitrogen and oxygen atoms in total.